The summed E-state index contributed by atoms with van der Waals surface area (Å²) in [5.41, 5.74) is 0.783. The summed E-state index contributed by atoms with van der Waals surface area (Å²) in [5.74, 6) is 0.433. The van der Waals surface area contributed by atoms with Crippen molar-refractivity contribution in [3.05, 3.63) is 29.6 Å². The first-order valence-electron chi connectivity index (χ1n) is 6.89. The van der Waals surface area contributed by atoms with E-state index >= 15 is 0 Å². The highest BCUT2D eigenvalue weighted by atomic mass is 79.9. The number of alkyl halides is 1. The van der Waals surface area contributed by atoms with E-state index in [1.165, 1.54) is 31.7 Å². The van der Waals surface area contributed by atoms with Crippen LogP contribution in [0.15, 0.2) is 18.2 Å². The molecule has 2 nitrogen and oxygen atoms in total. The van der Waals surface area contributed by atoms with Gasteiger partial charge in [0.2, 0.25) is 0 Å². The van der Waals surface area contributed by atoms with Crippen molar-refractivity contribution in [2.75, 3.05) is 7.11 Å². The zero-order valence-corrected chi connectivity index (χ0v) is 12.7. The van der Waals surface area contributed by atoms with Gasteiger partial charge in [0.25, 0.3) is 0 Å². The third kappa shape index (κ3) is 2.65. The smallest absolute Gasteiger partial charge is 0.131 e. The number of halogens is 2. The lowest BCUT2D eigenvalue weighted by atomic mass is 10.0. The molecule has 0 spiro atoms. The van der Waals surface area contributed by atoms with Crippen molar-refractivity contribution in [3.63, 3.8) is 0 Å². The normalized spacial score (nSPS) is 30.6. The molecule has 2 bridgehead atoms. The van der Waals surface area contributed by atoms with E-state index in [2.05, 4.69) is 20.8 Å². The van der Waals surface area contributed by atoms with Crippen molar-refractivity contribution in [1.29, 1.82) is 0 Å². The molecular formula is C15H19BrFNO. The molecule has 0 saturated carbocycles. The Bertz CT molecular complexity index is 453. The molecule has 4 heteroatoms. The van der Waals surface area contributed by atoms with Crippen molar-refractivity contribution in [3.8, 4) is 5.75 Å². The van der Waals surface area contributed by atoms with Gasteiger partial charge in [0.1, 0.15) is 11.6 Å². The van der Waals surface area contributed by atoms with Crippen LogP contribution in [0, 0.1) is 5.82 Å². The Kier molecular flexibility index (Phi) is 3.81. The van der Waals surface area contributed by atoms with Crippen molar-refractivity contribution < 1.29 is 9.13 Å². The molecule has 104 valence electrons. The number of hydrogen-bond acceptors (Lipinski definition) is 2. The summed E-state index contributed by atoms with van der Waals surface area (Å²) < 4.78 is 19.1. The van der Waals surface area contributed by atoms with Crippen LogP contribution in [0.3, 0.4) is 0 Å². The fourth-order valence-corrected chi connectivity index (χ4v) is 4.31. The number of hydrogen-bond donors (Lipinski definition) is 0. The monoisotopic (exact) mass is 327 g/mol. The predicted octanol–water partition coefficient (Wildman–Crippen LogP) is 3.72. The maximum absolute atomic E-state index is 14.0. The molecule has 2 fully saturated rings. The van der Waals surface area contributed by atoms with Crippen LogP contribution < -0.4 is 4.74 Å². The van der Waals surface area contributed by atoms with Crippen LogP contribution in [0.25, 0.3) is 0 Å². The van der Waals surface area contributed by atoms with E-state index < -0.39 is 0 Å². The fourth-order valence-electron chi connectivity index (χ4n) is 3.45. The zero-order chi connectivity index (χ0) is 13.4. The summed E-state index contributed by atoms with van der Waals surface area (Å²) in [6.07, 6.45) is 4.89. The summed E-state index contributed by atoms with van der Waals surface area (Å²) in [7, 11) is 1.56. The minimum atomic E-state index is -0.153. The number of piperidine rings is 1. The van der Waals surface area contributed by atoms with Crippen LogP contribution in [-0.2, 0) is 6.54 Å². The zero-order valence-electron chi connectivity index (χ0n) is 11.1. The largest absolute Gasteiger partial charge is 0.497 e. The molecule has 0 aromatic heterocycles. The van der Waals surface area contributed by atoms with E-state index in [0.717, 1.165) is 12.1 Å². The third-order valence-electron chi connectivity index (χ3n) is 4.44. The topological polar surface area (TPSA) is 12.5 Å². The fraction of sp³-hybridized carbons (Fsp3) is 0.600. The van der Waals surface area contributed by atoms with E-state index in [1.807, 2.05) is 12.1 Å². The maximum atomic E-state index is 14.0. The van der Waals surface area contributed by atoms with E-state index in [0.29, 0.717) is 22.7 Å². The first-order chi connectivity index (χ1) is 9.17. The van der Waals surface area contributed by atoms with E-state index in [-0.39, 0.29) is 5.82 Å². The van der Waals surface area contributed by atoms with Gasteiger partial charge in [0, 0.05) is 35.1 Å². The maximum Gasteiger partial charge on any atom is 0.131 e. The summed E-state index contributed by atoms with van der Waals surface area (Å²) >= 11 is 3.74. The molecule has 0 N–H and O–H groups in total. The molecule has 19 heavy (non-hydrogen) atoms. The summed E-state index contributed by atoms with van der Waals surface area (Å²) in [6.45, 7) is 0.727. The highest BCUT2D eigenvalue weighted by Crippen LogP contribution is 2.39. The number of fused-ring (bicyclic) bond motifs is 2. The van der Waals surface area contributed by atoms with E-state index in [1.54, 1.807) is 7.11 Å². The molecule has 2 atom stereocenters. The molecule has 3 rings (SSSR count). The number of ether oxygens (including phenoxy) is 1. The van der Waals surface area contributed by atoms with Gasteiger partial charge >= 0.3 is 0 Å². The molecule has 1 aromatic rings. The standard InChI is InChI=1S/C15H19BrFNO/c1-19-14-5-2-10(15(17)8-14)9-18-12-3-4-13(18)7-11(16)6-12/h2,5,8,11-13H,3-4,6-7,9H2,1H3. The second-order valence-electron chi connectivity index (χ2n) is 5.58. The first kappa shape index (κ1) is 13.4. The first-order valence-corrected chi connectivity index (χ1v) is 7.81. The molecule has 1 aromatic carbocycles. The van der Waals surface area contributed by atoms with Gasteiger partial charge in [-0.05, 0) is 31.7 Å². The summed E-state index contributed by atoms with van der Waals surface area (Å²) in [4.78, 5) is 3.13. The number of benzene rings is 1. The lowest BCUT2D eigenvalue weighted by Crippen LogP contribution is -2.42. The molecular weight excluding hydrogens is 309 g/mol. The molecule has 2 saturated heterocycles. The lowest BCUT2D eigenvalue weighted by Gasteiger charge is -2.37. The highest BCUT2D eigenvalue weighted by molar-refractivity contribution is 9.09. The summed E-state index contributed by atoms with van der Waals surface area (Å²) in [5, 5.41) is 0. The predicted molar refractivity (Wildman–Crippen MR) is 77.3 cm³/mol. The van der Waals surface area contributed by atoms with Crippen molar-refractivity contribution >= 4 is 15.9 Å². The Morgan fingerprint density at radius 2 is 2.00 bits per heavy atom. The Morgan fingerprint density at radius 1 is 1.32 bits per heavy atom. The van der Waals surface area contributed by atoms with Crippen LogP contribution in [-0.4, -0.2) is 28.9 Å². The van der Waals surface area contributed by atoms with Crippen LogP contribution in [0.2, 0.25) is 0 Å². The second-order valence-corrected chi connectivity index (χ2v) is 6.88. The average molecular weight is 328 g/mol. The van der Waals surface area contributed by atoms with Gasteiger partial charge in [-0.15, -0.1) is 0 Å². The van der Waals surface area contributed by atoms with Crippen molar-refractivity contribution in [2.45, 2.75) is 49.1 Å². The van der Waals surface area contributed by atoms with Crippen LogP contribution in [0.1, 0.15) is 31.2 Å². The van der Waals surface area contributed by atoms with E-state index in [4.69, 9.17) is 4.74 Å². The van der Waals surface area contributed by atoms with Gasteiger partial charge in [-0.2, -0.15) is 0 Å². The molecule has 0 radical (unpaired) electrons. The Labute approximate surface area is 122 Å². The Hall–Kier alpha value is -0.610. The number of nitrogens with zero attached hydrogens (tertiary/aromatic N) is 1. The average Bonchev–Trinajstić information content (AvgIpc) is 2.63. The van der Waals surface area contributed by atoms with E-state index in [9.17, 15) is 4.39 Å². The van der Waals surface area contributed by atoms with Crippen LogP contribution in [0.4, 0.5) is 4.39 Å². The van der Waals surface area contributed by atoms with Crippen molar-refractivity contribution in [1.82, 2.24) is 4.90 Å². The number of rotatable bonds is 3. The molecule has 2 aliphatic heterocycles. The molecule has 0 amide bonds. The van der Waals surface area contributed by atoms with Gasteiger partial charge in [-0.25, -0.2) is 4.39 Å². The highest BCUT2D eigenvalue weighted by Gasteiger charge is 2.39. The molecule has 2 aliphatic rings. The van der Waals surface area contributed by atoms with Crippen LogP contribution >= 0.6 is 15.9 Å². The van der Waals surface area contributed by atoms with Gasteiger partial charge in [-0.1, -0.05) is 22.0 Å². The molecule has 2 heterocycles. The van der Waals surface area contributed by atoms with Crippen molar-refractivity contribution in [2.24, 2.45) is 0 Å². The van der Waals surface area contributed by atoms with Gasteiger partial charge in [-0.3, -0.25) is 4.90 Å². The summed E-state index contributed by atoms with van der Waals surface area (Å²) in [6, 6.07) is 6.41. The Morgan fingerprint density at radius 3 is 2.58 bits per heavy atom. The second kappa shape index (κ2) is 5.41. The van der Waals surface area contributed by atoms with Gasteiger partial charge in [0.15, 0.2) is 0 Å². The van der Waals surface area contributed by atoms with Crippen LogP contribution in [0.5, 0.6) is 5.75 Å². The Balaban J connectivity index is 1.75. The molecule has 0 aliphatic carbocycles. The SMILES string of the molecule is COc1ccc(CN2C3CCC2CC(Br)C3)c(F)c1. The van der Waals surface area contributed by atoms with Gasteiger partial charge < -0.3 is 4.74 Å². The number of methoxy groups -OCH3 is 1. The minimum Gasteiger partial charge on any atom is -0.497 e. The minimum absolute atomic E-state index is 0.153. The quantitative estimate of drug-likeness (QED) is 0.784. The molecule has 2 unspecified atom stereocenters. The van der Waals surface area contributed by atoms with Gasteiger partial charge in [0.05, 0.1) is 7.11 Å². The lowest BCUT2D eigenvalue weighted by molar-refractivity contribution is 0.135. The third-order valence-corrected chi connectivity index (χ3v) is 5.19.